The first-order valence-corrected chi connectivity index (χ1v) is 6.42. The van der Waals surface area contributed by atoms with E-state index in [0.29, 0.717) is 10.9 Å². The van der Waals surface area contributed by atoms with Gasteiger partial charge in [-0.25, -0.2) is 4.98 Å². The van der Waals surface area contributed by atoms with E-state index in [4.69, 9.17) is 21.8 Å². The molecular formula is C13H15ClN2O. The maximum Gasteiger partial charge on any atom is 0.198 e. The summed E-state index contributed by atoms with van der Waals surface area (Å²) in [4.78, 5) is 4.53. The molecule has 1 aliphatic rings. The van der Waals surface area contributed by atoms with Crippen LogP contribution in [-0.4, -0.2) is 11.0 Å². The average molecular weight is 251 g/mol. The van der Waals surface area contributed by atoms with Gasteiger partial charge in [0.25, 0.3) is 0 Å². The van der Waals surface area contributed by atoms with E-state index < -0.39 is 0 Å². The molecule has 1 heterocycles. The molecule has 4 heteroatoms. The van der Waals surface area contributed by atoms with Gasteiger partial charge in [0.15, 0.2) is 11.5 Å². The van der Waals surface area contributed by atoms with E-state index in [2.05, 4.69) is 4.98 Å². The van der Waals surface area contributed by atoms with Gasteiger partial charge in [-0.05, 0) is 31.4 Å². The van der Waals surface area contributed by atoms with Crippen LogP contribution in [0.1, 0.15) is 37.5 Å². The molecule has 0 spiro atoms. The van der Waals surface area contributed by atoms with E-state index in [-0.39, 0.29) is 6.04 Å². The normalized spacial score (nSPS) is 25.3. The first-order chi connectivity index (χ1) is 8.22. The van der Waals surface area contributed by atoms with Crippen molar-refractivity contribution in [3.05, 3.63) is 29.1 Å². The van der Waals surface area contributed by atoms with Gasteiger partial charge in [-0.2, -0.15) is 0 Å². The highest BCUT2D eigenvalue weighted by Crippen LogP contribution is 2.33. The molecule has 0 bridgehead atoms. The summed E-state index contributed by atoms with van der Waals surface area (Å²) in [5, 5.41) is 0.681. The highest BCUT2D eigenvalue weighted by atomic mass is 35.5. The molecule has 1 saturated carbocycles. The number of hydrogen-bond acceptors (Lipinski definition) is 3. The Morgan fingerprint density at radius 3 is 3.06 bits per heavy atom. The predicted molar refractivity (Wildman–Crippen MR) is 68.2 cm³/mol. The SMILES string of the molecule is NC1CCCC(c2nc3ccc(Cl)cc3o2)C1. The topological polar surface area (TPSA) is 52.0 Å². The first kappa shape index (κ1) is 11.1. The van der Waals surface area contributed by atoms with E-state index in [1.807, 2.05) is 18.2 Å². The summed E-state index contributed by atoms with van der Waals surface area (Å²) in [6.45, 7) is 0. The Morgan fingerprint density at radius 1 is 1.35 bits per heavy atom. The van der Waals surface area contributed by atoms with E-state index in [1.165, 1.54) is 0 Å². The van der Waals surface area contributed by atoms with Gasteiger partial charge < -0.3 is 10.2 Å². The van der Waals surface area contributed by atoms with Crippen molar-refractivity contribution in [1.29, 1.82) is 0 Å². The van der Waals surface area contributed by atoms with E-state index in [1.54, 1.807) is 0 Å². The Bertz CT molecular complexity index is 537. The first-order valence-electron chi connectivity index (χ1n) is 6.04. The molecule has 1 aromatic carbocycles. The molecule has 17 heavy (non-hydrogen) atoms. The molecule has 1 aromatic heterocycles. The van der Waals surface area contributed by atoms with E-state index in [0.717, 1.165) is 42.7 Å². The standard InChI is InChI=1S/C13H15ClN2O/c14-9-4-5-11-12(7-9)17-13(16-11)8-2-1-3-10(15)6-8/h4-5,7-8,10H,1-3,6,15H2. The zero-order valence-electron chi connectivity index (χ0n) is 9.53. The Balaban J connectivity index is 1.94. The fourth-order valence-electron chi connectivity index (χ4n) is 2.54. The molecule has 3 nitrogen and oxygen atoms in total. The molecule has 1 aliphatic carbocycles. The van der Waals surface area contributed by atoms with Crippen LogP contribution >= 0.6 is 11.6 Å². The number of fused-ring (bicyclic) bond motifs is 1. The van der Waals surface area contributed by atoms with Gasteiger partial charge in [0.2, 0.25) is 0 Å². The number of hydrogen-bond donors (Lipinski definition) is 1. The summed E-state index contributed by atoms with van der Waals surface area (Å²) in [6, 6.07) is 5.83. The van der Waals surface area contributed by atoms with Crippen LogP contribution in [0.5, 0.6) is 0 Å². The van der Waals surface area contributed by atoms with Crippen molar-refractivity contribution in [3.63, 3.8) is 0 Å². The van der Waals surface area contributed by atoms with Crippen molar-refractivity contribution in [1.82, 2.24) is 4.98 Å². The lowest BCUT2D eigenvalue weighted by Crippen LogP contribution is -2.26. The maximum atomic E-state index is 5.99. The molecule has 0 saturated heterocycles. The minimum atomic E-state index is 0.285. The van der Waals surface area contributed by atoms with Gasteiger partial charge in [-0.1, -0.05) is 18.0 Å². The van der Waals surface area contributed by atoms with Crippen LogP contribution in [0.2, 0.25) is 5.02 Å². The molecule has 90 valence electrons. The maximum absolute atomic E-state index is 5.99. The number of nitrogens with two attached hydrogens (primary N) is 1. The van der Waals surface area contributed by atoms with Crippen LogP contribution in [0.15, 0.2) is 22.6 Å². The molecule has 1 fully saturated rings. The van der Waals surface area contributed by atoms with Crippen LogP contribution in [0, 0.1) is 0 Å². The largest absolute Gasteiger partial charge is 0.440 e. The van der Waals surface area contributed by atoms with Crippen LogP contribution in [-0.2, 0) is 0 Å². The van der Waals surface area contributed by atoms with Crippen LogP contribution in [0.25, 0.3) is 11.1 Å². The number of nitrogens with zero attached hydrogens (tertiary/aromatic N) is 1. The predicted octanol–water partition coefficient (Wildman–Crippen LogP) is 3.47. The fourth-order valence-corrected chi connectivity index (χ4v) is 2.70. The summed E-state index contributed by atoms with van der Waals surface area (Å²) in [5.74, 6) is 1.18. The van der Waals surface area contributed by atoms with Crippen molar-refractivity contribution in [2.45, 2.75) is 37.6 Å². The molecule has 0 radical (unpaired) electrons. The number of aromatic nitrogens is 1. The summed E-state index contributed by atoms with van der Waals surface area (Å²) >= 11 is 5.93. The minimum absolute atomic E-state index is 0.285. The lowest BCUT2D eigenvalue weighted by Gasteiger charge is -2.23. The van der Waals surface area contributed by atoms with Gasteiger partial charge in [0.1, 0.15) is 5.52 Å². The zero-order chi connectivity index (χ0) is 11.8. The molecular weight excluding hydrogens is 236 g/mol. The monoisotopic (exact) mass is 250 g/mol. The quantitative estimate of drug-likeness (QED) is 0.843. The Labute approximate surface area is 105 Å². The molecule has 2 aromatic rings. The lowest BCUT2D eigenvalue weighted by molar-refractivity contribution is 0.343. The van der Waals surface area contributed by atoms with Crippen molar-refractivity contribution < 1.29 is 4.42 Å². The highest BCUT2D eigenvalue weighted by molar-refractivity contribution is 6.31. The third-order valence-corrected chi connectivity index (χ3v) is 3.67. The molecule has 0 aliphatic heterocycles. The summed E-state index contributed by atoms with van der Waals surface area (Å²) < 4.78 is 5.79. The van der Waals surface area contributed by atoms with Crippen LogP contribution in [0.3, 0.4) is 0 Å². The average Bonchev–Trinajstić information content (AvgIpc) is 2.72. The zero-order valence-corrected chi connectivity index (χ0v) is 10.3. The van der Waals surface area contributed by atoms with Gasteiger partial charge in [-0.15, -0.1) is 0 Å². The number of halogens is 1. The molecule has 3 rings (SSSR count). The minimum Gasteiger partial charge on any atom is -0.440 e. The van der Waals surface area contributed by atoms with Crippen molar-refractivity contribution in [2.75, 3.05) is 0 Å². The van der Waals surface area contributed by atoms with Crippen molar-refractivity contribution in [2.24, 2.45) is 5.73 Å². The number of benzene rings is 1. The highest BCUT2D eigenvalue weighted by Gasteiger charge is 2.24. The number of rotatable bonds is 1. The van der Waals surface area contributed by atoms with Gasteiger partial charge in [0.05, 0.1) is 0 Å². The second-order valence-electron chi connectivity index (χ2n) is 4.79. The van der Waals surface area contributed by atoms with Crippen molar-refractivity contribution >= 4 is 22.7 Å². The molecule has 2 unspecified atom stereocenters. The number of oxazole rings is 1. The Morgan fingerprint density at radius 2 is 2.24 bits per heavy atom. The van der Waals surface area contributed by atoms with E-state index >= 15 is 0 Å². The fraction of sp³-hybridized carbons (Fsp3) is 0.462. The summed E-state index contributed by atoms with van der Waals surface area (Å²) in [7, 11) is 0. The summed E-state index contributed by atoms with van der Waals surface area (Å²) in [6.07, 6.45) is 4.36. The Hall–Kier alpha value is -1.06. The van der Waals surface area contributed by atoms with Crippen molar-refractivity contribution in [3.8, 4) is 0 Å². The van der Waals surface area contributed by atoms with E-state index in [9.17, 15) is 0 Å². The van der Waals surface area contributed by atoms with Gasteiger partial charge in [-0.3, -0.25) is 0 Å². The third kappa shape index (κ3) is 2.17. The second kappa shape index (κ2) is 4.31. The molecule has 2 N–H and O–H groups in total. The second-order valence-corrected chi connectivity index (χ2v) is 5.22. The van der Waals surface area contributed by atoms with Gasteiger partial charge in [0, 0.05) is 23.0 Å². The smallest absolute Gasteiger partial charge is 0.198 e. The van der Waals surface area contributed by atoms with Crippen LogP contribution < -0.4 is 5.73 Å². The Kier molecular flexibility index (Phi) is 2.81. The molecule has 0 amide bonds. The lowest BCUT2D eigenvalue weighted by atomic mass is 9.86. The van der Waals surface area contributed by atoms with Gasteiger partial charge >= 0.3 is 0 Å². The third-order valence-electron chi connectivity index (χ3n) is 3.43. The van der Waals surface area contributed by atoms with Crippen LogP contribution in [0.4, 0.5) is 0 Å². The molecule has 2 atom stereocenters. The summed E-state index contributed by atoms with van der Waals surface area (Å²) in [5.41, 5.74) is 7.64.